The lowest BCUT2D eigenvalue weighted by atomic mass is 10.1. The second-order valence-corrected chi connectivity index (χ2v) is 9.75. The molecule has 10 heteroatoms. The number of carbonyl (C=O) groups excluding carboxylic acids is 1. The quantitative estimate of drug-likeness (QED) is 0.431. The Hall–Kier alpha value is -3.14. The predicted octanol–water partition coefficient (Wildman–Crippen LogP) is 3.30. The third-order valence-corrected chi connectivity index (χ3v) is 7.08. The number of benzene rings is 2. The van der Waals surface area contributed by atoms with Gasteiger partial charge < -0.3 is 14.8 Å². The zero-order valence-electron chi connectivity index (χ0n) is 18.9. The first-order valence-corrected chi connectivity index (χ1v) is 12.3. The molecule has 0 aliphatic heterocycles. The fraction of sp³-hybridized carbons (Fsp3) is 0.250. The Kier molecular flexibility index (Phi) is 8.86. The van der Waals surface area contributed by atoms with E-state index in [0.717, 1.165) is 9.87 Å². The molecule has 1 amide bonds. The van der Waals surface area contributed by atoms with E-state index in [-0.39, 0.29) is 18.0 Å². The van der Waals surface area contributed by atoms with Crippen LogP contribution in [-0.4, -0.2) is 50.9 Å². The maximum Gasteiger partial charge on any atom is 0.245 e. The molecule has 3 aromatic rings. The summed E-state index contributed by atoms with van der Waals surface area (Å²) >= 11 is 5.94. The Labute approximate surface area is 204 Å². The minimum Gasteiger partial charge on any atom is -0.493 e. The van der Waals surface area contributed by atoms with E-state index in [0.29, 0.717) is 35.1 Å². The Balaban J connectivity index is 1.69. The number of hydrogen-bond donors (Lipinski definition) is 1. The van der Waals surface area contributed by atoms with Crippen LogP contribution < -0.4 is 14.8 Å². The molecule has 0 saturated heterocycles. The van der Waals surface area contributed by atoms with Crippen LogP contribution in [0.25, 0.3) is 0 Å². The number of amides is 1. The molecule has 0 aliphatic carbocycles. The van der Waals surface area contributed by atoms with Gasteiger partial charge in [0, 0.05) is 30.5 Å². The van der Waals surface area contributed by atoms with Gasteiger partial charge in [0.1, 0.15) is 4.90 Å². The normalized spacial score (nSPS) is 11.3. The molecule has 180 valence electrons. The molecular formula is C24H26ClN3O5S. The van der Waals surface area contributed by atoms with Crippen LogP contribution in [0.4, 0.5) is 0 Å². The maximum absolute atomic E-state index is 13.2. The molecule has 0 aliphatic rings. The van der Waals surface area contributed by atoms with Gasteiger partial charge in [0.15, 0.2) is 11.5 Å². The lowest BCUT2D eigenvalue weighted by Gasteiger charge is -2.22. The highest BCUT2D eigenvalue weighted by Gasteiger charge is 2.27. The number of nitrogens with zero attached hydrogens (tertiary/aromatic N) is 2. The minimum absolute atomic E-state index is 0.0114. The third-order valence-electron chi connectivity index (χ3n) is 5.05. The van der Waals surface area contributed by atoms with Gasteiger partial charge in [0.25, 0.3) is 0 Å². The van der Waals surface area contributed by atoms with Crippen molar-refractivity contribution < 1.29 is 22.7 Å². The van der Waals surface area contributed by atoms with E-state index < -0.39 is 15.9 Å². The summed E-state index contributed by atoms with van der Waals surface area (Å²) in [5, 5.41) is 3.33. The van der Waals surface area contributed by atoms with E-state index in [2.05, 4.69) is 10.3 Å². The molecule has 0 bridgehead atoms. The highest BCUT2D eigenvalue weighted by atomic mass is 35.5. The van der Waals surface area contributed by atoms with Crippen LogP contribution in [-0.2, 0) is 27.8 Å². The average molecular weight is 504 g/mol. The molecule has 1 heterocycles. The number of rotatable bonds is 11. The molecule has 0 fully saturated rings. The summed E-state index contributed by atoms with van der Waals surface area (Å²) in [6.45, 7) is -0.000670. The van der Waals surface area contributed by atoms with Crippen molar-refractivity contribution in [1.29, 1.82) is 0 Å². The molecule has 0 unspecified atom stereocenters. The van der Waals surface area contributed by atoms with Crippen molar-refractivity contribution >= 4 is 27.5 Å². The highest BCUT2D eigenvalue weighted by Crippen LogP contribution is 2.27. The molecule has 1 aromatic heterocycles. The van der Waals surface area contributed by atoms with Crippen LogP contribution in [0.15, 0.2) is 71.9 Å². The van der Waals surface area contributed by atoms with E-state index in [1.807, 2.05) is 12.1 Å². The second-order valence-electron chi connectivity index (χ2n) is 7.38. The van der Waals surface area contributed by atoms with Gasteiger partial charge in [-0.3, -0.25) is 9.78 Å². The molecule has 0 atom stereocenters. The van der Waals surface area contributed by atoms with E-state index in [9.17, 15) is 13.2 Å². The molecule has 2 aromatic carbocycles. The Morgan fingerprint density at radius 2 is 1.74 bits per heavy atom. The summed E-state index contributed by atoms with van der Waals surface area (Å²) in [5.74, 6) is 0.804. The minimum atomic E-state index is -3.95. The topological polar surface area (TPSA) is 97.8 Å². The molecule has 0 saturated carbocycles. The Bertz CT molecular complexity index is 1210. The van der Waals surface area contributed by atoms with Crippen molar-refractivity contribution in [1.82, 2.24) is 14.6 Å². The van der Waals surface area contributed by atoms with Crippen LogP contribution in [0.3, 0.4) is 0 Å². The Morgan fingerprint density at radius 1 is 1.03 bits per heavy atom. The molecule has 0 spiro atoms. The van der Waals surface area contributed by atoms with Gasteiger partial charge in [-0.05, 0) is 53.9 Å². The zero-order valence-corrected chi connectivity index (χ0v) is 20.5. The van der Waals surface area contributed by atoms with Gasteiger partial charge in [-0.1, -0.05) is 29.8 Å². The smallest absolute Gasteiger partial charge is 0.245 e. The van der Waals surface area contributed by atoms with Crippen molar-refractivity contribution in [3.8, 4) is 11.5 Å². The molecule has 3 rings (SSSR count). The third kappa shape index (κ3) is 6.69. The average Bonchev–Trinajstić information content (AvgIpc) is 2.85. The first kappa shape index (κ1) is 25.5. The van der Waals surface area contributed by atoms with E-state index in [1.54, 1.807) is 44.6 Å². The predicted molar refractivity (Wildman–Crippen MR) is 130 cm³/mol. The summed E-state index contributed by atoms with van der Waals surface area (Å²) < 4.78 is 38.1. The van der Waals surface area contributed by atoms with Gasteiger partial charge in [0.2, 0.25) is 15.9 Å². The van der Waals surface area contributed by atoms with Crippen LogP contribution in [0.5, 0.6) is 11.5 Å². The first-order valence-electron chi connectivity index (χ1n) is 10.5. The zero-order chi connectivity index (χ0) is 24.6. The number of pyridine rings is 1. The Morgan fingerprint density at radius 3 is 2.38 bits per heavy atom. The number of halogens is 1. The summed E-state index contributed by atoms with van der Waals surface area (Å²) in [5.41, 5.74) is 1.65. The maximum atomic E-state index is 13.2. The van der Waals surface area contributed by atoms with Crippen molar-refractivity contribution in [2.45, 2.75) is 17.9 Å². The van der Waals surface area contributed by atoms with Crippen molar-refractivity contribution in [2.75, 3.05) is 27.3 Å². The van der Waals surface area contributed by atoms with Gasteiger partial charge in [-0.25, -0.2) is 8.42 Å². The summed E-state index contributed by atoms with van der Waals surface area (Å²) in [6, 6.07) is 15.3. The van der Waals surface area contributed by atoms with Gasteiger partial charge in [-0.15, -0.1) is 0 Å². The number of methoxy groups -OCH3 is 2. The standard InChI is InChI=1S/C24H26ClN3O5S/c1-32-22-10-7-18(14-23(22)33-2)11-13-27-24(29)17-28(16-19-5-8-20(25)9-6-19)34(30,31)21-4-3-12-26-15-21/h3-10,12,14-15H,11,13,16-17H2,1-2H3,(H,27,29). The highest BCUT2D eigenvalue weighted by molar-refractivity contribution is 7.89. The van der Waals surface area contributed by atoms with Gasteiger partial charge >= 0.3 is 0 Å². The summed E-state index contributed by atoms with van der Waals surface area (Å²) in [4.78, 5) is 16.6. The van der Waals surface area contributed by atoms with Crippen molar-refractivity contribution in [3.05, 3.63) is 83.1 Å². The molecule has 1 N–H and O–H groups in total. The second kappa shape index (κ2) is 11.8. The summed E-state index contributed by atoms with van der Waals surface area (Å²) in [7, 11) is -0.832. The lowest BCUT2D eigenvalue weighted by molar-refractivity contribution is -0.121. The largest absolute Gasteiger partial charge is 0.493 e. The number of aromatic nitrogens is 1. The van der Waals surface area contributed by atoms with E-state index in [4.69, 9.17) is 21.1 Å². The van der Waals surface area contributed by atoms with E-state index in [1.165, 1.54) is 24.5 Å². The van der Waals surface area contributed by atoms with Crippen LogP contribution in [0.1, 0.15) is 11.1 Å². The van der Waals surface area contributed by atoms with Crippen molar-refractivity contribution in [2.24, 2.45) is 0 Å². The molecule has 34 heavy (non-hydrogen) atoms. The monoisotopic (exact) mass is 503 g/mol. The number of ether oxygens (including phenoxy) is 2. The molecule has 0 radical (unpaired) electrons. The molecular weight excluding hydrogens is 478 g/mol. The van der Waals surface area contributed by atoms with Crippen LogP contribution in [0, 0.1) is 0 Å². The van der Waals surface area contributed by atoms with Crippen LogP contribution >= 0.6 is 11.6 Å². The van der Waals surface area contributed by atoms with Crippen molar-refractivity contribution in [3.63, 3.8) is 0 Å². The number of nitrogens with one attached hydrogen (secondary N) is 1. The summed E-state index contributed by atoms with van der Waals surface area (Å²) in [6.07, 6.45) is 3.29. The number of carbonyl (C=O) groups is 1. The lowest BCUT2D eigenvalue weighted by Crippen LogP contribution is -2.40. The molecule has 8 nitrogen and oxygen atoms in total. The van der Waals surface area contributed by atoms with Gasteiger partial charge in [0.05, 0.1) is 20.8 Å². The van der Waals surface area contributed by atoms with Crippen LogP contribution in [0.2, 0.25) is 5.02 Å². The first-order chi connectivity index (χ1) is 16.3. The fourth-order valence-electron chi connectivity index (χ4n) is 3.27. The number of hydrogen-bond acceptors (Lipinski definition) is 6. The fourth-order valence-corrected chi connectivity index (χ4v) is 4.74. The van der Waals surface area contributed by atoms with Gasteiger partial charge in [-0.2, -0.15) is 4.31 Å². The number of sulfonamides is 1. The SMILES string of the molecule is COc1ccc(CCNC(=O)CN(Cc2ccc(Cl)cc2)S(=O)(=O)c2cccnc2)cc1OC. The van der Waals surface area contributed by atoms with E-state index >= 15 is 0 Å².